The average molecular weight is 416 g/mol. The van der Waals surface area contributed by atoms with Crippen LogP contribution in [-0.2, 0) is 27.5 Å². The van der Waals surface area contributed by atoms with Gasteiger partial charge in [0, 0.05) is 44.4 Å². The third-order valence-corrected chi connectivity index (χ3v) is 0. The fraction of sp³-hybridized carbons (Fsp3) is 0. The van der Waals surface area contributed by atoms with E-state index in [0.717, 1.165) is 0 Å². The van der Waals surface area contributed by atoms with E-state index >= 15 is 0 Å². The quantitative estimate of drug-likeness (QED) is 0.306. The first-order valence-corrected chi connectivity index (χ1v) is 2.10. The molecule has 0 atom stereocenters. The van der Waals surface area contributed by atoms with Crippen LogP contribution in [0.3, 0.4) is 0 Å². The molecule has 0 fully saturated rings. The number of hydrogen-bond acceptors (Lipinski definition) is 2. The maximum absolute atomic E-state index is 8.74. The van der Waals surface area contributed by atoms with E-state index in [1.165, 1.54) is 0 Å². The van der Waals surface area contributed by atoms with Crippen molar-refractivity contribution in [1.82, 2.24) is 0 Å². The third-order valence-electron chi connectivity index (χ3n) is 0. The van der Waals surface area contributed by atoms with Gasteiger partial charge in [-0.15, -0.1) is 0 Å². The predicted molar refractivity (Wildman–Crippen MR) is 24.7 cm³/mol. The van der Waals surface area contributed by atoms with Crippen LogP contribution in [0.2, 0.25) is 0 Å². The molecular weight excluding hydrogens is 411 g/mol. The minimum atomic E-state index is -4.67. The zero-order valence-electron chi connectivity index (χ0n) is 5.55. The minimum Gasteiger partial charge on any atom is -1.00 e. The monoisotopic (exact) mass is 417 g/mol. The Morgan fingerprint density at radius 2 is 1.22 bits per heavy atom. The Morgan fingerprint density at radius 3 is 1.22 bits per heavy atom. The topological polar surface area (TPSA) is 106 Å². The van der Waals surface area contributed by atoms with Crippen LogP contribution < -0.4 is 51.4 Å². The average Bonchev–Trinajstić information content (AvgIpc) is 0.722. The first kappa shape index (κ1) is 29.7. The molecule has 0 spiro atoms. The summed E-state index contributed by atoms with van der Waals surface area (Å²) in [5, 5.41) is 0. The Morgan fingerprint density at radius 1 is 1.22 bits per heavy atom. The van der Waals surface area contributed by atoms with E-state index in [9.17, 15) is 0 Å². The SMILES string of the molecule is O.O=S(=O)(O)O.[Fe].[H-].[K+].[Tl]. The molecular formula is H5FeKO5STl. The summed E-state index contributed by atoms with van der Waals surface area (Å²) < 4.78 is 31.6. The molecule has 0 rings (SSSR count). The Bertz CT molecular complexity index is 105. The van der Waals surface area contributed by atoms with Crippen molar-refractivity contribution in [2.24, 2.45) is 0 Å². The summed E-state index contributed by atoms with van der Waals surface area (Å²) in [6, 6.07) is 0. The van der Waals surface area contributed by atoms with Crippen LogP contribution in [0, 0.1) is 0 Å². The Labute approximate surface area is 128 Å². The van der Waals surface area contributed by atoms with E-state index in [1.54, 1.807) is 0 Å². The molecule has 0 aromatic rings. The van der Waals surface area contributed by atoms with E-state index in [1.807, 2.05) is 0 Å². The van der Waals surface area contributed by atoms with Crippen molar-refractivity contribution in [3.8, 4) is 0 Å². The van der Waals surface area contributed by atoms with Crippen LogP contribution in [0.1, 0.15) is 1.43 Å². The molecule has 0 aliphatic rings. The molecule has 1 radical (unpaired) electrons. The Balaban J connectivity index is -0.00000000800. The van der Waals surface area contributed by atoms with Gasteiger partial charge in [-0.3, -0.25) is 9.11 Å². The summed E-state index contributed by atoms with van der Waals surface area (Å²) in [5.74, 6) is 0. The second-order valence-corrected chi connectivity index (χ2v) is 1.34. The molecule has 0 saturated carbocycles. The van der Waals surface area contributed by atoms with E-state index in [2.05, 4.69) is 0 Å². The normalized spacial score (nSPS) is 6.44. The van der Waals surface area contributed by atoms with Crippen molar-refractivity contribution in [3.05, 3.63) is 0 Å². The maximum atomic E-state index is 8.74. The molecule has 0 aliphatic carbocycles. The standard InChI is InChI=1S/Fe.K.H2O4S.H2O.Tl.H/c;;1-5(2,3)4;;;/h;;(H2,1,2,3,4);1H2;;/q;+1;;;;-1. The van der Waals surface area contributed by atoms with E-state index in [-0.39, 0.29) is 103 Å². The molecule has 0 saturated heterocycles. The molecule has 53 valence electrons. The van der Waals surface area contributed by atoms with Crippen LogP contribution >= 0.6 is 0 Å². The fourth-order valence-corrected chi connectivity index (χ4v) is 0. The summed E-state index contributed by atoms with van der Waals surface area (Å²) in [6.45, 7) is 0. The summed E-state index contributed by atoms with van der Waals surface area (Å²) in [5.41, 5.74) is 0. The zero-order chi connectivity index (χ0) is 4.50. The van der Waals surface area contributed by atoms with Crippen molar-refractivity contribution in [1.29, 1.82) is 0 Å². The van der Waals surface area contributed by atoms with Crippen LogP contribution in [-0.4, -0.2) is 50.3 Å². The van der Waals surface area contributed by atoms with E-state index in [4.69, 9.17) is 17.5 Å². The van der Waals surface area contributed by atoms with Gasteiger partial charge in [-0.25, -0.2) is 0 Å². The molecule has 0 bridgehead atoms. The van der Waals surface area contributed by atoms with Crippen molar-refractivity contribution >= 4 is 37.7 Å². The maximum Gasteiger partial charge on any atom is 1.00 e. The van der Waals surface area contributed by atoms with Gasteiger partial charge in [-0.05, 0) is 0 Å². The first-order valence-electron chi connectivity index (χ1n) is 0.698. The summed E-state index contributed by atoms with van der Waals surface area (Å²) in [6.07, 6.45) is 0. The first-order chi connectivity index (χ1) is 2.00. The number of hydrogen-bond donors (Lipinski definition) is 2. The smallest absolute Gasteiger partial charge is 1.00 e. The van der Waals surface area contributed by atoms with Gasteiger partial charge in [0.1, 0.15) is 0 Å². The molecule has 0 unspecified atom stereocenters. The second kappa shape index (κ2) is 13.5. The second-order valence-electron chi connectivity index (χ2n) is 0.448. The number of rotatable bonds is 0. The van der Waals surface area contributed by atoms with Crippen LogP contribution in [0.5, 0.6) is 0 Å². The van der Waals surface area contributed by atoms with Gasteiger partial charge < -0.3 is 6.90 Å². The molecule has 0 amide bonds. The molecule has 5 nitrogen and oxygen atoms in total. The molecule has 9 heavy (non-hydrogen) atoms. The molecule has 0 heterocycles. The minimum absolute atomic E-state index is 0. The van der Waals surface area contributed by atoms with Gasteiger partial charge in [0.2, 0.25) is 0 Å². The van der Waals surface area contributed by atoms with Gasteiger partial charge in [-0.1, -0.05) is 0 Å². The molecule has 0 aromatic carbocycles. The molecule has 4 N–H and O–H groups in total. The Hall–Kier alpha value is 2.91. The molecule has 0 aliphatic heterocycles. The van der Waals surface area contributed by atoms with E-state index < -0.39 is 10.4 Å². The summed E-state index contributed by atoms with van der Waals surface area (Å²) in [4.78, 5) is 0. The van der Waals surface area contributed by atoms with Crippen molar-refractivity contribution in [2.45, 2.75) is 0 Å². The van der Waals surface area contributed by atoms with Gasteiger partial charge >= 0.3 is 61.8 Å². The molecule has 9 heteroatoms. The zero-order valence-corrected chi connectivity index (χ0v) is 14.1. The van der Waals surface area contributed by atoms with Gasteiger partial charge in [-0.2, -0.15) is 8.42 Å². The third kappa shape index (κ3) is 102. The van der Waals surface area contributed by atoms with Crippen LogP contribution in [0.15, 0.2) is 0 Å². The summed E-state index contributed by atoms with van der Waals surface area (Å²) in [7, 11) is -4.67. The predicted octanol–water partition coefficient (Wildman–Crippen LogP) is -4.74. The molecule has 0 aromatic heterocycles. The van der Waals surface area contributed by atoms with Gasteiger partial charge in [0.25, 0.3) is 0 Å². The fourth-order valence-electron chi connectivity index (χ4n) is 0. The summed E-state index contributed by atoms with van der Waals surface area (Å²) >= 11 is 0. The largest absolute Gasteiger partial charge is 1.00 e. The van der Waals surface area contributed by atoms with Crippen molar-refractivity contribution in [3.63, 3.8) is 0 Å². The van der Waals surface area contributed by atoms with Crippen molar-refractivity contribution in [2.75, 3.05) is 0 Å². The van der Waals surface area contributed by atoms with Crippen LogP contribution in [0.4, 0.5) is 0 Å². The van der Waals surface area contributed by atoms with Gasteiger partial charge in [0.15, 0.2) is 0 Å². The van der Waals surface area contributed by atoms with Crippen molar-refractivity contribution < 1.29 is 92.9 Å². The van der Waals surface area contributed by atoms with E-state index in [0.29, 0.717) is 0 Å². The van der Waals surface area contributed by atoms with Gasteiger partial charge in [0.05, 0.1) is 0 Å². The Kier molecular flexibility index (Phi) is 44.5. The van der Waals surface area contributed by atoms with Crippen LogP contribution in [0.25, 0.3) is 0 Å².